The number of hydrogen-bond donors (Lipinski definition) is 2. The summed E-state index contributed by atoms with van der Waals surface area (Å²) >= 11 is 0. The van der Waals surface area contributed by atoms with E-state index < -0.39 is 0 Å². The maximum Gasteiger partial charge on any atom is 0.246 e. The van der Waals surface area contributed by atoms with Crippen molar-refractivity contribution in [2.45, 2.75) is 25.8 Å². The minimum Gasteiger partial charge on any atom is -0.365 e. The Balaban J connectivity index is 1.80. The Morgan fingerprint density at radius 1 is 1.57 bits per heavy atom. The fourth-order valence-corrected chi connectivity index (χ4v) is 2.84. The molecule has 2 aromatic rings. The van der Waals surface area contributed by atoms with Crippen LogP contribution >= 0.6 is 0 Å². The molecule has 110 valence electrons. The van der Waals surface area contributed by atoms with E-state index in [0.29, 0.717) is 6.54 Å². The average molecular weight is 285 g/mol. The highest BCUT2D eigenvalue weighted by Crippen LogP contribution is 2.24. The summed E-state index contributed by atoms with van der Waals surface area (Å²) in [6.45, 7) is 7.06. The molecule has 6 nitrogen and oxygen atoms in total. The molecule has 0 bridgehead atoms. The smallest absolute Gasteiger partial charge is 0.246 e. The Hall–Kier alpha value is -2.37. The number of nitrogens with zero attached hydrogens (tertiary/aromatic N) is 3. The summed E-state index contributed by atoms with van der Waals surface area (Å²) in [6.07, 6.45) is 6.87. The van der Waals surface area contributed by atoms with Crippen molar-refractivity contribution in [3.05, 3.63) is 30.7 Å². The summed E-state index contributed by atoms with van der Waals surface area (Å²) < 4.78 is 0. The second-order valence-electron chi connectivity index (χ2n) is 5.39. The number of H-pyrrole nitrogens is 1. The van der Waals surface area contributed by atoms with Gasteiger partial charge in [0.15, 0.2) is 0 Å². The molecule has 0 aromatic carbocycles. The third kappa shape index (κ3) is 2.61. The first-order valence-corrected chi connectivity index (χ1v) is 7.15. The number of aryl methyl sites for hydroxylation is 1. The highest BCUT2D eigenvalue weighted by molar-refractivity contribution is 5.90. The predicted octanol–water partition coefficient (Wildman–Crippen LogP) is 1.86. The first-order chi connectivity index (χ1) is 10.2. The Kier molecular flexibility index (Phi) is 3.60. The zero-order valence-corrected chi connectivity index (χ0v) is 12.1. The molecule has 3 heterocycles. The van der Waals surface area contributed by atoms with E-state index in [1.807, 2.05) is 18.0 Å². The van der Waals surface area contributed by atoms with Crippen LogP contribution in [0.15, 0.2) is 25.2 Å². The van der Waals surface area contributed by atoms with Crippen molar-refractivity contribution in [1.29, 1.82) is 0 Å². The molecule has 21 heavy (non-hydrogen) atoms. The topological polar surface area (TPSA) is 73.9 Å². The summed E-state index contributed by atoms with van der Waals surface area (Å²) in [6, 6.07) is 0.204. The zero-order chi connectivity index (χ0) is 14.8. The highest BCUT2D eigenvalue weighted by Gasteiger charge is 2.23. The Labute approximate surface area is 123 Å². The third-order valence-corrected chi connectivity index (χ3v) is 3.92. The number of nitrogens with one attached hydrogen (secondary N) is 2. The van der Waals surface area contributed by atoms with Gasteiger partial charge in [-0.05, 0) is 31.4 Å². The molecule has 1 atom stereocenters. The lowest BCUT2D eigenvalue weighted by Gasteiger charge is -2.32. The van der Waals surface area contributed by atoms with Crippen molar-refractivity contribution < 1.29 is 4.79 Å². The van der Waals surface area contributed by atoms with Gasteiger partial charge in [-0.3, -0.25) is 4.79 Å². The van der Waals surface area contributed by atoms with Crippen LogP contribution in [0.1, 0.15) is 18.4 Å². The number of piperidine rings is 1. The second kappa shape index (κ2) is 5.55. The van der Waals surface area contributed by atoms with Crippen LogP contribution in [0.4, 0.5) is 5.82 Å². The molecule has 0 spiro atoms. The van der Waals surface area contributed by atoms with Crippen LogP contribution in [0.3, 0.4) is 0 Å². The van der Waals surface area contributed by atoms with Crippen molar-refractivity contribution in [3.8, 4) is 0 Å². The predicted molar refractivity (Wildman–Crippen MR) is 82.0 cm³/mol. The number of hydrogen-bond acceptors (Lipinski definition) is 4. The number of fused-ring (bicyclic) bond motifs is 1. The van der Waals surface area contributed by atoms with E-state index in [2.05, 4.69) is 26.8 Å². The molecule has 2 N–H and O–H groups in total. The third-order valence-electron chi connectivity index (χ3n) is 3.92. The summed E-state index contributed by atoms with van der Waals surface area (Å²) in [4.78, 5) is 25.3. The number of rotatable bonds is 3. The summed E-state index contributed by atoms with van der Waals surface area (Å²) in [5.74, 6) is 0.823. The van der Waals surface area contributed by atoms with Crippen LogP contribution in [-0.2, 0) is 4.79 Å². The van der Waals surface area contributed by atoms with E-state index in [1.54, 1.807) is 6.33 Å². The number of carbonyl (C=O) groups excluding carboxylic acids is 1. The van der Waals surface area contributed by atoms with Crippen LogP contribution in [0, 0.1) is 6.92 Å². The Bertz CT molecular complexity index is 678. The first-order valence-electron chi connectivity index (χ1n) is 7.15. The van der Waals surface area contributed by atoms with Gasteiger partial charge in [-0.15, -0.1) is 0 Å². The lowest BCUT2D eigenvalue weighted by molar-refractivity contribution is -0.127. The molecule has 6 heteroatoms. The quantitative estimate of drug-likeness (QED) is 0.844. The van der Waals surface area contributed by atoms with Crippen LogP contribution in [0.25, 0.3) is 11.0 Å². The van der Waals surface area contributed by atoms with Crippen molar-refractivity contribution in [2.75, 3.05) is 18.4 Å². The summed E-state index contributed by atoms with van der Waals surface area (Å²) in [5, 5.41) is 4.48. The average Bonchev–Trinajstić information content (AvgIpc) is 2.89. The minimum absolute atomic E-state index is 0.00726. The van der Waals surface area contributed by atoms with Crippen molar-refractivity contribution >= 4 is 22.8 Å². The standard InChI is InChI=1S/C15H19N5O/c1-3-12(21)20-6-4-5-11(8-20)19-15-13-10(2)7-16-14(13)17-9-18-15/h3,7,9,11H,1,4-6,8H2,2H3,(H2,16,17,18,19)/t11-/m1/s1. The van der Waals surface area contributed by atoms with Crippen LogP contribution in [0.2, 0.25) is 0 Å². The molecule has 3 rings (SSSR count). The fourth-order valence-electron chi connectivity index (χ4n) is 2.84. The van der Waals surface area contributed by atoms with Gasteiger partial charge in [-0.1, -0.05) is 6.58 Å². The van der Waals surface area contributed by atoms with Gasteiger partial charge in [-0.2, -0.15) is 0 Å². The lowest BCUT2D eigenvalue weighted by atomic mass is 10.1. The van der Waals surface area contributed by atoms with E-state index in [4.69, 9.17) is 0 Å². The maximum atomic E-state index is 11.7. The van der Waals surface area contributed by atoms with E-state index in [0.717, 1.165) is 41.8 Å². The molecular weight excluding hydrogens is 266 g/mol. The highest BCUT2D eigenvalue weighted by atomic mass is 16.2. The molecule has 0 aliphatic carbocycles. The minimum atomic E-state index is -0.00726. The fraction of sp³-hybridized carbons (Fsp3) is 0.400. The number of aromatic amines is 1. The van der Waals surface area contributed by atoms with E-state index in [-0.39, 0.29) is 11.9 Å². The van der Waals surface area contributed by atoms with Gasteiger partial charge in [0.2, 0.25) is 5.91 Å². The normalized spacial score (nSPS) is 18.7. The number of carbonyl (C=O) groups is 1. The summed E-state index contributed by atoms with van der Waals surface area (Å²) in [7, 11) is 0. The molecule has 1 aliphatic heterocycles. The van der Waals surface area contributed by atoms with E-state index in [1.165, 1.54) is 6.08 Å². The van der Waals surface area contributed by atoms with Gasteiger partial charge in [-0.25, -0.2) is 9.97 Å². The molecule has 2 aromatic heterocycles. The Morgan fingerprint density at radius 3 is 3.24 bits per heavy atom. The van der Waals surface area contributed by atoms with E-state index in [9.17, 15) is 4.79 Å². The SMILES string of the molecule is C=CC(=O)N1CCC[C@@H](Nc2ncnc3[nH]cc(C)c23)C1. The van der Waals surface area contributed by atoms with Crippen molar-refractivity contribution in [1.82, 2.24) is 19.9 Å². The molecule has 1 saturated heterocycles. The number of anilines is 1. The van der Waals surface area contributed by atoms with Gasteiger partial charge in [0, 0.05) is 25.3 Å². The second-order valence-corrected chi connectivity index (χ2v) is 5.39. The molecule has 0 unspecified atom stereocenters. The van der Waals surface area contributed by atoms with Gasteiger partial charge >= 0.3 is 0 Å². The van der Waals surface area contributed by atoms with Gasteiger partial charge < -0.3 is 15.2 Å². The maximum absolute atomic E-state index is 11.7. The van der Waals surface area contributed by atoms with Gasteiger partial charge in [0.25, 0.3) is 0 Å². The molecule has 1 fully saturated rings. The number of likely N-dealkylation sites (tertiary alicyclic amines) is 1. The molecule has 1 aliphatic rings. The van der Waals surface area contributed by atoms with E-state index >= 15 is 0 Å². The van der Waals surface area contributed by atoms with Gasteiger partial charge in [0.05, 0.1) is 5.39 Å². The monoisotopic (exact) mass is 285 g/mol. The number of amides is 1. The zero-order valence-electron chi connectivity index (χ0n) is 12.1. The van der Waals surface area contributed by atoms with Crippen molar-refractivity contribution in [2.24, 2.45) is 0 Å². The summed E-state index contributed by atoms with van der Waals surface area (Å²) in [5.41, 5.74) is 1.95. The van der Waals surface area contributed by atoms with Crippen LogP contribution in [-0.4, -0.2) is 44.9 Å². The first kappa shape index (κ1) is 13.6. The molecule has 0 radical (unpaired) electrons. The van der Waals surface area contributed by atoms with Crippen molar-refractivity contribution in [3.63, 3.8) is 0 Å². The molecule has 1 amide bonds. The Morgan fingerprint density at radius 2 is 2.43 bits per heavy atom. The lowest BCUT2D eigenvalue weighted by Crippen LogP contribution is -2.44. The van der Waals surface area contributed by atoms with Crippen LogP contribution in [0.5, 0.6) is 0 Å². The van der Waals surface area contributed by atoms with Crippen LogP contribution < -0.4 is 5.32 Å². The number of aromatic nitrogens is 3. The largest absolute Gasteiger partial charge is 0.365 e. The van der Waals surface area contributed by atoms with Gasteiger partial charge in [0.1, 0.15) is 17.8 Å². The molecule has 0 saturated carbocycles. The molecular formula is C15H19N5O.